The Morgan fingerprint density at radius 2 is 1.59 bits per heavy atom. The van der Waals surface area contributed by atoms with E-state index >= 15 is 0 Å². The number of hydrogen-bond acceptors (Lipinski definition) is 5. The number of carbonyl (C=O) groups excluding carboxylic acids is 2. The Balaban J connectivity index is 1.52. The molecule has 0 aliphatic carbocycles. The second-order valence-corrected chi connectivity index (χ2v) is 7.54. The van der Waals surface area contributed by atoms with Crippen LogP contribution in [-0.4, -0.2) is 38.2 Å². The molecule has 0 bridgehead atoms. The Labute approximate surface area is 181 Å². The van der Waals surface area contributed by atoms with E-state index in [9.17, 15) is 22.8 Å². The molecule has 0 aromatic heterocycles. The van der Waals surface area contributed by atoms with Crippen molar-refractivity contribution in [2.24, 2.45) is 0 Å². The first kappa shape index (κ1) is 21.9. The second-order valence-electron chi connectivity index (χ2n) is 7.54. The van der Waals surface area contributed by atoms with Crippen LogP contribution in [0.5, 0.6) is 11.5 Å². The summed E-state index contributed by atoms with van der Waals surface area (Å²) in [4.78, 5) is 25.7. The van der Waals surface area contributed by atoms with Crippen molar-refractivity contribution >= 4 is 11.8 Å². The van der Waals surface area contributed by atoms with E-state index in [1.54, 1.807) is 6.07 Å². The lowest BCUT2D eigenvalue weighted by Crippen LogP contribution is -2.53. The van der Waals surface area contributed by atoms with Gasteiger partial charge in [-0.2, -0.15) is 13.2 Å². The van der Waals surface area contributed by atoms with Gasteiger partial charge in [0, 0.05) is 18.8 Å². The Bertz CT molecular complexity index is 1020. The molecule has 10 heteroatoms. The lowest BCUT2D eigenvalue weighted by molar-refractivity contribution is -0.138. The van der Waals surface area contributed by atoms with Gasteiger partial charge in [-0.25, -0.2) is 0 Å². The summed E-state index contributed by atoms with van der Waals surface area (Å²) in [5.74, 6) is -0.268. The van der Waals surface area contributed by atoms with E-state index in [-0.39, 0.29) is 37.2 Å². The van der Waals surface area contributed by atoms with Gasteiger partial charge in [0.1, 0.15) is 13.2 Å². The third kappa shape index (κ3) is 4.36. The molecule has 2 aromatic rings. The summed E-state index contributed by atoms with van der Waals surface area (Å²) in [6.45, 7) is 1.19. The number of hydrogen-bond donors (Lipinski definition) is 2. The van der Waals surface area contributed by atoms with Crippen molar-refractivity contribution < 1.29 is 37.0 Å². The van der Waals surface area contributed by atoms with E-state index in [2.05, 4.69) is 10.9 Å². The number of fused-ring (bicyclic) bond motifs is 1. The maximum absolute atomic E-state index is 13.2. The van der Waals surface area contributed by atoms with E-state index in [0.29, 0.717) is 24.7 Å². The van der Waals surface area contributed by atoms with Gasteiger partial charge in [-0.05, 0) is 42.7 Å². The number of ether oxygens (including phenoxy) is 3. The fraction of sp³-hybridized carbons (Fsp3) is 0.364. The fourth-order valence-electron chi connectivity index (χ4n) is 3.85. The van der Waals surface area contributed by atoms with Crippen LogP contribution < -0.4 is 20.3 Å². The molecule has 0 spiro atoms. The largest absolute Gasteiger partial charge is 0.486 e. The SMILES string of the molecule is O=C(NNC(=O)C1(c2cccc(C(F)(F)F)c2)CCOCC1)c1ccc2c(c1)OCCO2. The Morgan fingerprint density at radius 1 is 0.875 bits per heavy atom. The third-order valence-corrected chi connectivity index (χ3v) is 5.62. The molecule has 1 fully saturated rings. The van der Waals surface area contributed by atoms with Gasteiger partial charge in [-0.3, -0.25) is 20.4 Å². The third-order valence-electron chi connectivity index (χ3n) is 5.62. The number of hydrazine groups is 1. The predicted molar refractivity (Wildman–Crippen MR) is 106 cm³/mol. The number of carbonyl (C=O) groups is 2. The van der Waals surface area contributed by atoms with Crippen LogP contribution in [0.25, 0.3) is 0 Å². The predicted octanol–water partition coefficient (Wildman–Crippen LogP) is 2.99. The lowest BCUT2D eigenvalue weighted by atomic mass is 9.73. The zero-order valence-corrected chi connectivity index (χ0v) is 17.0. The average molecular weight is 450 g/mol. The molecule has 2 amide bonds. The molecule has 2 aromatic carbocycles. The van der Waals surface area contributed by atoms with E-state index in [4.69, 9.17) is 14.2 Å². The van der Waals surface area contributed by atoms with Crippen LogP contribution in [0.4, 0.5) is 13.2 Å². The standard InChI is InChI=1S/C22H21F3N2O5/c23-22(24,25)16-3-1-2-15(13-16)21(6-8-30-9-7-21)20(29)27-26-19(28)14-4-5-17-18(12-14)32-11-10-31-17/h1-5,12-13H,6-11H2,(H,26,28)(H,27,29). The highest BCUT2D eigenvalue weighted by molar-refractivity contribution is 5.97. The molecule has 4 rings (SSSR count). The van der Waals surface area contributed by atoms with E-state index in [0.717, 1.165) is 12.1 Å². The van der Waals surface area contributed by atoms with Gasteiger partial charge < -0.3 is 14.2 Å². The van der Waals surface area contributed by atoms with Crippen LogP contribution >= 0.6 is 0 Å². The molecule has 7 nitrogen and oxygen atoms in total. The molecule has 0 atom stereocenters. The van der Waals surface area contributed by atoms with E-state index < -0.39 is 29.0 Å². The summed E-state index contributed by atoms with van der Waals surface area (Å²) < 4.78 is 55.9. The quantitative estimate of drug-likeness (QED) is 0.703. The molecule has 2 aliphatic rings. The van der Waals surface area contributed by atoms with Crippen LogP contribution in [-0.2, 0) is 21.1 Å². The molecule has 0 radical (unpaired) electrons. The number of amides is 2. The number of nitrogens with one attached hydrogen (secondary N) is 2. The number of benzene rings is 2. The van der Waals surface area contributed by atoms with Crippen molar-refractivity contribution in [2.75, 3.05) is 26.4 Å². The summed E-state index contributed by atoms with van der Waals surface area (Å²) in [6, 6.07) is 9.30. The van der Waals surface area contributed by atoms with Crippen LogP contribution in [0.1, 0.15) is 34.3 Å². The van der Waals surface area contributed by atoms with Gasteiger partial charge in [0.2, 0.25) is 5.91 Å². The summed E-state index contributed by atoms with van der Waals surface area (Å²) in [6.07, 6.45) is -4.18. The zero-order chi connectivity index (χ0) is 22.8. The van der Waals surface area contributed by atoms with Gasteiger partial charge in [0.25, 0.3) is 5.91 Å². The average Bonchev–Trinajstić information content (AvgIpc) is 2.82. The first-order chi connectivity index (χ1) is 15.3. The highest BCUT2D eigenvalue weighted by Gasteiger charge is 2.43. The molecule has 2 aliphatic heterocycles. The van der Waals surface area contributed by atoms with E-state index in [1.807, 2.05) is 0 Å². The minimum absolute atomic E-state index is 0.181. The van der Waals surface area contributed by atoms with Crippen molar-refractivity contribution in [3.8, 4) is 11.5 Å². The molecule has 32 heavy (non-hydrogen) atoms. The smallest absolute Gasteiger partial charge is 0.416 e. The first-order valence-electron chi connectivity index (χ1n) is 10.1. The summed E-state index contributed by atoms with van der Waals surface area (Å²) in [5.41, 5.74) is 3.08. The van der Waals surface area contributed by atoms with Crippen LogP contribution in [0.15, 0.2) is 42.5 Å². The first-order valence-corrected chi connectivity index (χ1v) is 10.1. The van der Waals surface area contributed by atoms with Gasteiger partial charge in [-0.1, -0.05) is 18.2 Å². The minimum Gasteiger partial charge on any atom is -0.486 e. The van der Waals surface area contributed by atoms with Gasteiger partial charge in [0.15, 0.2) is 11.5 Å². The van der Waals surface area contributed by atoms with E-state index in [1.165, 1.54) is 24.3 Å². The molecule has 2 heterocycles. The molecule has 0 saturated carbocycles. The topological polar surface area (TPSA) is 85.9 Å². The Hall–Kier alpha value is -3.27. The van der Waals surface area contributed by atoms with Crippen molar-refractivity contribution in [1.29, 1.82) is 0 Å². The van der Waals surface area contributed by atoms with Gasteiger partial charge >= 0.3 is 6.18 Å². The molecule has 0 unspecified atom stereocenters. The van der Waals surface area contributed by atoms with Crippen molar-refractivity contribution in [1.82, 2.24) is 10.9 Å². The van der Waals surface area contributed by atoms with Crippen molar-refractivity contribution in [3.63, 3.8) is 0 Å². The monoisotopic (exact) mass is 450 g/mol. The summed E-state index contributed by atoms with van der Waals surface area (Å²) in [5, 5.41) is 0. The zero-order valence-electron chi connectivity index (χ0n) is 17.0. The molecule has 2 N–H and O–H groups in total. The molecular formula is C22H21F3N2O5. The highest BCUT2D eigenvalue weighted by Crippen LogP contribution is 2.38. The van der Waals surface area contributed by atoms with Crippen molar-refractivity contribution in [2.45, 2.75) is 24.4 Å². The second kappa shape index (κ2) is 8.70. The number of halogens is 3. The molecule has 1 saturated heterocycles. The Kier molecular flexibility index (Phi) is 5.96. The minimum atomic E-state index is -4.54. The van der Waals surface area contributed by atoms with Crippen LogP contribution in [0.3, 0.4) is 0 Å². The van der Waals surface area contributed by atoms with Gasteiger partial charge in [0.05, 0.1) is 11.0 Å². The normalized spacial score (nSPS) is 17.3. The van der Waals surface area contributed by atoms with Crippen LogP contribution in [0, 0.1) is 0 Å². The maximum Gasteiger partial charge on any atom is 0.416 e. The fourth-order valence-corrected chi connectivity index (χ4v) is 3.85. The number of rotatable bonds is 3. The Morgan fingerprint density at radius 3 is 2.31 bits per heavy atom. The van der Waals surface area contributed by atoms with Crippen LogP contribution in [0.2, 0.25) is 0 Å². The van der Waals surface area contributed by atoms with Crippen molar-refractivity contribution in [3.05, 3.63) is 59.2 Å². The lowest BCUT2D eigenvalue weighted by Gasteiger charge is -2.36. The summed E-state index contributed by atoms with van der Waals surface area (Å²) in [7, 11) is 0. The highest BCUT2D eigenvalue weighted by atomic mass is 19.4. The summed E-state index contributed by atoms with van der Waals surface area (Å²) >= 11 is 0. The molecular weight excluding hydrogens is 429 g/mol. The number of alkyl halides is 3. The molecule has 170 valence electrons. The van der Waals surface area contributed by atoms with Gasteiger partial charge in [-0.15, -0.1) is 0 Å². The maximum atomic E-state index is 13.2.